The summed E-state index contributed by atoms with van der Waals surface area (Å²) in [6.07, 6.45) is 5.03. The van der Waals surface area contributed by atoms with Crippen LogP contribution in [-0.4, -0.2) is 46.6 Å². The zero-order chi connectivity index (χ0) is 19.1. The summed E-state index contributed by atoms with van der Waals surface area (Å²) in [6, 6.07) is 7.43. The summed E-state index contributed by atoms with van der Waals surface area (Å²) in [5.41, 5.74) is 0.651. The van der Waals surface area contributed by atoms with Crippen LogP contribution in [0.3, 0.4) is 0 Å². The predicted octanol–water partition coefficient (Wildman–Crippen LogP) is 2.98. The average molecular weight is 433 g/mol. The van der Waals surface area contributed by atoms with Crippen LogP contribution in [0.25, 0.3) is 0 Å². The first-order valence-corrected chi connectivity index (χ1v) is 9.56. The van der Waals surface area contributed by atoms with Crippen LogP contribution in [0.1, 0.15) is 25.5 Å². The van der Waals surface area contributed by atoms with Crippen molar-refractivity contribution in [3.63, 3.8) is 0 Å². The molecule has 1 aliphatic rings. The molecule has 142 valence electrons. The first kappa shape index (κ1) is 19.6. The average Bonchev–Trinajstić information content (AvgIpc) is 2.65. The third-order valence-electron chi connectivity index (χ3n) is 3.94. The van der Waals surface area contributed by atoms with Crippen molar-refractivity contribution in [2.24, 2.45) is 0 Å². The fourth-order valence-corrected chi connectivity index (χ4v) is 2.71. The number of rotatable bonds is 7. The molecule has 2 aromatic heterocycles. The van der Waals surface area contributed by atoms with E-state index in [9.17, 15) is 0 Å². The van der Waals surface area contributed by atoms with Crippen LogP contribution in [0.2, 0.25) is 0 Å². The molecular weight excluding hydrogens is 412 g/mol. The van der Waals surface area contributed by atoms with Gasteiger partial charge in [-0.3, -0.25) is 0 Å². The van der Waals surface area contributed by atoms with Gasteiger partial charge in [0.2, 0.25) is 5.88 Å². The number of hydrogen-bond acceptors (Lipinski definition) is 6. The molecule has 3 rings (SSSR count). The number of aromatic nitrogens is 2. The minimum absolute atomic E-state index is 0.0109. The molecule has 1 aliphatic carbocycles. The van der Waals surface area contributed by atoms with Crippen LogP contribution >= 0.6 is 15.9 Å². The summed E-state index contributed by atoms with van der Waals surface area (Å²) in [6.45, 7) is 2.10. The summed E-state index contributed by atoms with van der Waals surface area (Å²) in [4.78, 5) is 8.50. The fraction of sp³-hybridized carbons (Fsp3) is 0.400. The molecule has 1 N–H and O–H groups in total. The lowest BCUT2D eigenvalue weighted by atomic mass is 9.92. The number of pyridine rings is 2. The van der Waals surface area contributed by atoms with Gasteiger partial charge in [-0.1, -0.05) is 5.92 Å². The molecule has 0 aliphatic heterocycles. The molecule has 27 heavy (non-hydrogen) atoms. The highest BCUT2D eigenvalue weighted by molar-refractivity contribution is 9.10. The zero-order valence-corrected chi connectivity index (χ0v) is 16.6. The first-order chi connectivity index (χ1) is 13.1. The van der Waals surface area contributed by atoms with Gasteiger partial charge in [-0.25, -0.2) is 9.97 Å². The second-order valence-corrected chi connectivity index (χ2v) is 7.07. The van der Waals surface area contributed by atoms with Crippen molar-refractivity contribution in [2.45, 2.75) is 38.1 Å². The third-order valence-corrected chi connectivity index (χ3v) is 4.41. The summed E-state index contributed by atoms with van der Waals surface area (Å²) in [7, 11) is 0. The normalized spacial score (nSPS) is 19.4. The minimum atomic E-state index is -0.248. The van der Waals surface area contributed by atoms with Crippen molar-refractivity contribution in [2.75, 3.05) is 13.2 Å². The lowest BCUT2D eigenvalue weighted by Gasteiger charge is -2.34. The van der Waals surface area contributed by atoms with Gasteiger partial charge in [-0.05, 0) is 47.0 Å². The number of aliphatic hydroxyl groups excluding tert-OH is 1. The Morgan fingerprint density at radius 3 is 2.63 bits per heavy atom. The highest BCUT2D eigenvalue weighted by atomic mass is 79.9. The molecule has 2 heterocycles. The van der Waals surface area contributed by atoms with Crippen LogP contribution in [0.15, 0.2) is 41.1 Å². The Morgan fingerprint density at radius 2 is 1.96 bits per heavy atom. The van der Waals surface area contributed by atoms with Crippen molar-refractivity contribution >= 4 is 15.9 Å². The topological polar surface area (TPSA) is 73.7 Å². The van der Waals surface area contributed by atoms with E-state index < -0.39 is 0 Å². The number of aliphatic hydroxyl groups is 1. The molecule has 0 amide bonds. The fourth-order valence-electron chi connectivity index (χ4n) is 2.48. The smallest absolute Gasteiger partial charge is 0.213 e. The number of ether oxygens (including phenoxy) is 3. The predicted molar refractivity (Wildman–Crippen MR) is 104 cm³/mol. The second kappa shape index (κ2) is 9.70. The number of hydrogen-bond donors (Lipinski definition) is 1. The van der Waals surface area contributed by atoms with E-state index in [1.54, 1.807) is 12.4 Å². The largest absolute Gasteiger partial charge is 0.489 e. The first-order valence-electron chi connectivity index (χ1n) is 8.77. The van der Waals surface area contributed by atoms with Gasteiger partial charge in [0.25, 0.3) is 0 Å². The van der Waals surface area contributed by atoms with Crippen LogP contribution in [0.5, 0.6) is 11.6 Å². The van der Waals surface area contributed by atoms with E-state index in [1.807, 2.05) is 31.2 Å². The highest BCUT2D eigenvalue weighted by Crippen LogP contribution is 2.29. The number of halogens is 1. The Bertz CT molecular complexity index is 780. The molecule has 6 nitrogen and oxygen atoms in total. The molecule has 0 spiro atoms. The maximum Gasteiger partial charge on any atom is 0.213 e. The van der Waals surface area contributed by atoms with E-state index in [2.05, 4.69) is 37.7 Å². The lowest BCUT2D eigenvalue weighted by Crippen LogP contribution is -2.41. The van der Waals surface area contributed by atoms with E-state index in [-0.39, 0.29) is 31.5 Å². The van der Waals surface area contributed by atoms with Crippen molar-refractivity contribution in [1.29, 1.82) is 0 Å². The minimum Gasteiger partial charge on any atom is -0.489 e. The molecule has 1 unspecified atom stereocenters. The van der Waals surface area contributed by atoms with Gasteiger partial charge in [-0.2, -0.15) is 0 Å². The Hall–Kier alpha value is -2.14. The summed E-state index contributed by atoms with van der Waals surface area (Å²) in [5.74, 6) is 7.23. The van der Waals surface area contributed by atoms with Gasteiger partial charge >= 0.3 is 0 Å². The monoisotopic (exact) mass is 432 g/mol. The summed E-state index contributed by atoms with van der Waals surface area (Å²) < 4.78 is 17.9. The van der Waals surface area contributed by atoms with E-state index in [4.69, 9.17) is 19.3 Å². The van der Waals surface area contributed by atoms with Crippen LogP contribution in [0.4, 0.5) is 0 Å². The van der Waals surface area contributed by atoms with Crippen molar-refractivity contribution in [3.8, 4) is 23.5 Å². The molecule has 2 aromatic rings. The second-order valence-electron chi connectivity index (χ2n) is 6.15. The Morgan fingerprint density at radius 1 is 1.15 bits per heavy atom. The maximum absolute atomic E-state index is 8.72. The maximum atomic E-state index is 8.72. The molecule has 1 fully saturated rings. The Kier molecular flexibility index (Phi) is 7.04. The van der Waals surface area contributed by atoms with Gasteiger partial charge in [0, 0.05) is 29.6 Å². The van der Waals surface area contributed by atoms with E-state index in [0.717, 1.165) is 23.1 Å². The molecule has 7 heteroatoms. The van der Waals surface area contributed by atoms with Crippen LogP contribution in [0, 0.1) is 11.8 Å². The number of nitrogens with zero attached hydrogens (tertiary/aromatic N) is 2. The van der Waals surface area contributed by atoms with E-state index >= 15 is 0 Å². The van der Waals surface area contributed by atoms with Gasteiger partial charge in [0.05, 0.1) is 19.4 Å². The van der Waals surface area contributed by atoms with Crippen molar-refractivity contribution in [1.82, 2.24) is 9.97 Å². The van der Waals surface area contributed by atoms with Gasteiger partial charge in [0.15, 0.2) is 0 Å². The molecule has 0 bridgehead atoms. The van der Waals surface area contributed by atoms with Gasteiger partial charge in [-0.15, -0.1) is 0 Å². The van der Waals surface area contributed by atoms with Crippen molar-refractivity contribution in [3.05, 3.63) is 46.8 Å². The van der Waals surface area contributed by atoms with Crippen molar-refractivity contribution < 1.29 is 19.3 Å². The van der Waals surface area contributed by atoms with Gasteiger partial charge in [0.1, 0.15) is 29.8 Å². The molecule has 1 atom stereocenters. The van der Waals surface area contributed by atoms with E-state index in [0.29, 0.717) is 11.6 Å². The molecule has 1 saturated carbocycles. The summed E-state index contributed by atoms with van der Waals surface area (Å²) in [5, 5.41) is 8.72. The van der Waals surface area contributed by atoms with Gasteiger partial charge < -0.3 is 19.3 Å². The van der Waals surface area contributed by atoms with Crippen LogP contribution in [-0.2, 0) is 4.74 Å². The standard InChI is InChI=1S/C20H21BrN2O4/c1-14(25-9-8-24)2-4-16-5-6-17(13-22-16)26-18-10-19(11-18)27-20-7-3-15(21)12-23-20/h3,5-7,12-14,18-19,24H,8-11H2,1H3. The third kappa shape index (κ3) is 6.21. The SMILES string of the molecule is CC(C#Cc1ccc(OC2CC(Oc3ccc(Br)cn3)C2)cn1)OCCO. The molecular formula is C20H21BrN2O4. The Labute approximate surface area is 167 Å². The Balaban J connectivity index is 1.42. The quantitative estimate of drug-likeness (QED) is 0.677. The molecule has 0 aromatic carbocycles. The van der Waals surface area contributed by atoms with Crippen LogP contribution < -0.4 is 9.47 Å². The molecule has 0 radical (unpaired) electrons. The highest BCUT2D eigenvalue weighted by Gasteiger charge is 2.33. The van der Waals surface area contributed by atoms with E-state index in [1.165, 1.54) is 0 Å². The zero-order valence-electron chi connectivity index (χ0n) is 15.0. The molecule has 0 saturated heterocycles. The summed E-state index contributed by atoms with van der Waals surface area (Å²) >= 11 is 3.35. The lowest BCUT2D eigenvalue weighted by molar-refractivity contribution is 0.00207.